The Bertz CT molecular complexity index is 774. The molecule has 0 aliphatic rings. The second kappa shape index (κ2) is 7.23. The Hall–Kier alpha value is -3.42. The van der Waals surface area contributed by atoms with E-state index in [-0.39, 0.29) is 11.3 Å². The molecule has 124 valence electrons. The first-order valence-electron chi connectivity index (χ1n) is 6.98. The second-order valence-corrected chi connectivity index (χ2v) is 4.95. The van der Waals surface area contributed by atoms with Gasteiger partial charge in [-0.1, -0.05) is 6.07 Å². The summed E-state index contributed by atoms with van der Waals surface area (Å²) >= 11 is 0. The molecular weight excluding hydrogens is 314 g/mol. The van der Waals surface area contributed by atoms with Crippen LogP contribution in [0.4, 0.5) is 11.4 Å². The van der Waals surface area contributed by atoms with E-state index in [0.717, 1.165) is 0 Å². The standard InChI is InChI=1S/C16H15N3O5/c1-10(24-14-7-5-13(6-8-14)19(22)23)16(21)18-12-4-2-3-11(9-12)15(17)20/h2-10H,1H3,(H2,17,20)(H,18,21). The molecule has 0 spiro atoms. The summed E-state index contributed by atoms with van der Waals surface area (Å²) in [4.78, 5) is 33.3. The zero-order valence-electron chi connectivity index (χ0n) is 12.8. The Kier molecular flexibility index (Phi) is 5.10. The fraction of sp³-hybridized carbons (Fsp3) is 0.125. The molecule has 0 saturated heterocycles. The fourth-order valence-corrected chi connectivity index (χ4v) is 1.90. The number of hydrogen-bond donors (Lipinski definition) is 2. The lowest BCUT2D eigenvalue weighted by atomic mass is 10.2. The van der Waals surface area contributed by atoms with Gasteiger partial charge in [0.1, 0.15) is 5.75 Å². The van der Waals surface area contributed by atoms with Crippen molar-refractivity contribution >= 4 is 23.2 Å². The quantitative estimate of drug-likeness (QED) is 0.620. The third-order valence-electron chi connectivity index (χ3n) is 3.14. The summed E-state index contributed by atoms with van der Waals surface area (Å²) < 4.78 is 5.43. The van der Waals surface area contributed by atoms with Crippen molar-refractivity contribution in [3.05, 3.63) is 64.2 Å². The van der Waals surface area contributed by atoms with Crippen LogP contribution in [0.3, 0.4) is 0 Å². The monoisotopic (exact) mass is 329 g/mol. The van der Waals surface area contributed by atoms with E-state index in [0.29, 0.717) is 11.4 Å². The fourth-order valence-electron chi connectivity index (χ4n) is 1.90. The highest BCUT2D eigenvalue weighted by atomic mass is 16.6. The van der Waals surface area contributed by atoms with Crippen LogP contribution in [0.5, 0.6) is 5.75 Å². The molecule has 0 aliphatic heterocycles. The van der Waals surface area contributed by atoms with Gasteiger partial charge in [0.2, 0.25) is 5.91 Å². The molecule has 8 heteroatoms. The highest BCUT2D eigenvalue weighted by molar-refractivity contribution is 5.97. The van der Waals surface area contributed by atoms with E-state index in [1.165, 1.54) is 43.3 Å². The Morgan fingerprint density at radius 1 is 1.21 bits per heavy atom. The Morgan fingerprint density at radius 2 is 1.88 bits per heavy atom. The van der Waals surface area contributed by atoms with Crippen molar-refractivity contribution in [2.24, 2.45) is 5.73 Å². The van der Waals surface area contributed by atoms with E-state index in [1.807, 2.05) is 0 Å². The minimum absolute atomic E-state index is 0.0669. The topological polar surface area (TPSA) is 125 Å². The maximum Gasteiger partial charge on any atom is 0.269 e. The van der Waals surface area contributed by atoms with Crippen molar-refractivity contribution in [2.45, 2.75) is 13.0 Å². The van der Waals surface area contributed by atoms with Gasteiger partial charge in [-0.2, -0.15) is 0 Å². The lowest BCUT2D eigenvalue weighted by molar-refractivity contribution is -0.384. The molecule has 1 atom stereocenters. The van der Waals surface area contributed by atoms with Gasteiger partial charge in [0.05, 0.1) is 4.92 Å². The number of carbonyl (C=O) groups is 2. The summed E-state index contributed by atoms with van der Waals surface area (Å²) in [7, 11) is 0. The summed E-state index contributed by atoms with van der Waals surface area (Å²) in [5, 5.41) is 13.2. The van der Waals surface area contributed by atoms with E-state index in [2.05, 4.69) is 5.32 Å². The number of anilines is 1. The summed E-state index contributed by atoms with van der Waals surface area (Å²) in [5.74, 6) is -0.703. The number of ether oxygens (including phenoxy) is 1. The maximum atomic E-state index is 12.1. The largest absolute Gasteiger partial charge is 0.481 e. The van der Waals surface area contributed by atoms with Gasteiger partial charge in [-0.05, 0) is 37.3 Å². The summed E-state index contributed by atoms with van der Waals surface area (Å²) in [6.07, 6.45) is -0.844. The van der Waals surface area contributed by atoms with Crippen LogP contribution in [0.2, 0.25) is 0 Å². The lowest BCUT2D eigenvalue weighted by Crippen LogP contribution is -2.30. The highest BCUT2D eigenvalue weighted by Gasteiger charge is 2.16. The number of hydrogen-bond acceptors (Lipinski definition) is 5. The van der Waals surface area contributed by atoms with E-state index in [1.54, 1.807) is 12.1 Å². The number of nitrogens with two attached hydrogens (primary N) is 1. The van der Waals surface area contributed by atoms with E-state index in [4.69, 9.17) is 10.5 Å². The molecule has 0 aliphatic carbocycles. The second-order valence-electron chi connectivity index (χ2n) is 4.95. The maximum absolute atomic E-state index is 12.1. The number of nitro benzene ring substituents is 1. The number of non-ortho nitro benzene ring substituents is 1. The van der Waals surface area contributed by atoms with Crippen LogP contribution in [0.25, 0.3) is 0 Å². The Labute approximate surface area is 137 Å². The van der Waals surface area contributed by atoms with Crippen molar-refractivity contribution in [3.8, 4) is 5.75 Å². The molecular formula is C16H15N3O5. The summed E-state index contributed by atoms with van der Waals surface area (Å²) in [6, 6.07) is 11.6. The summed E-state index contributed by atoms with van der Waals surface area (Å²) in [5.41, 5.74) is 5.80. The molecule has 0 radical (unpaired) electrons. The molecule has 2 aromatic carbocycles. The van der Waals surface area contributed by atoms with Crippen molar-refractivity contribution in [3.63, 3.8) is 0 Å². The number of benzene rings is 2. The Morgan fingerprint density at radius 3 is 2.46 bits per heavy atom. The van der Waals surface area contributed by atoms with Crippen molar-refractivity contribution < 1.29 is 19.2 Å². The third-order valence-corrected chi connectivity index (χ3v) is 3.14. The van der Waals surface area contributed by atoms with E-state index >= 15 is 0 Å². The SMILES string of the molecule is CC(Oc1ccc([N+](=O)[O-])cc1)C(=O)Nc1cccc(C(N)=O)c1. The van der Waals surface area contributed by atoms with Crippen LogP contribution < -0.4 is 15.8 Å². The first kappa shape index (κ1) is 16.9. The highest BCUT2D eigenvalue weighted by Crippen LogP contribution is 2.19. The van der Waals surface area contributed by atoms with Crippen LogP contribution in [-0.4, -0.2) is 22.8 Å². The molecule has 0 heterocycles. The van der Waals surface area contributed by atoms with Crippen molar-refractivity contribution in [1.82, 2.24) is 0 Å². The van der Waals surface area contributed by atoms with E-state index < -0.39 is 22.8 Å². The molecule has 24 heavy (non-hydrogen) atoms. The number of nitrogens with zero attached hydrogens (tertiary/aromatic N) is 1. The summed E-state index contributed by atoms with van der Waals surface area (Å²) in [6.45, 7) is 1.54. The van der Waals surface area contributed by atoms with Crippen molar-refractivity contribution in [1.29, 1.82) is 0 Å². The van der Waals surface area contributed by atoms with Gasteiger partial charge in [-0.3, -0.25) is 19.7 Å². The number of carbonyl (C=O) groups excluding carboxylic acids is 2. The molecule has 1 unspecified atom stereocenters. The first-order chi connectivity index (χ1) is 11.4. The molecule has 0 bridgehead atoms. The molecule has 0 fully saturated rings. The van der Waals surface area contributed by atoms with Gasteiger partial charge in [-0.15, -0.1) is 0 Å². The zero-order valence-corrected chi connectivity index (χ0v) is 12.8. The minimum Gasteiger partial charge on any atom is -0.481 e. The molecule has 2 rings (SSSR count). The van der Waals surface area contributed by atoms with Crippen LogP contribution in [0.15, 0.2) is 48.5 Å². The van der Waals surface area contributed by atoms with Gasteiger partial charge < -0.3 is 15.8 Å². The predicted octanol–water partition coefficient (Wildman–Crippen LogP) is 2.10. The average Bonchev–Trinajstić information content (AvgIpc) is 2.55. The van der Waals surface area contributed by atoms with Crippen LogP contribution in [-0.2, 0) is 4.79 Å². The number of rotatable bonds is 6. The lowest BCUT2D eigenvalue weighted by Gasteiger charge is -2.15. The van der Waals surface area contributed by atoms with E-state index in [9.17, 15) is 19.7 Å². The minimum atomic E-state index is -0.844. The smallest absolute Gasteiger partial charge is 0.269 e. The van der Waals surface area contributed by atoms with Crippen molar-refractivity contribution in [2.75, 3.05) is 5.32 Å². The molecule has 8 nitrogen and oxygen atoms in total. The number of amides is 2. The number of primary amides is 1. The molecule has 3 N–H and O–H groups in total. The molecule has 2 amide bonds. The van der Waals surface area contributed by atoms with Crippen LogP contribution >= 0.6 is 0 Å². The predicted molar refractivity (Wildman–Crippen MR) is 86.8 cm³/mol. The van der Waals surface area contributed by atoms with Gasteiger partial charge in [0.15, 0.2) is 6.10 Å². The molecule has 0 aromatic heterocycles. The zero-order chi connectivity index (χ0) is 17.7. The van der Waals surface area contributed by atoms with Gasteiger partial charge >= 0.3 is 0 Å². The van der Waals surface area contributed by atoms with Gasteiger partial charge in [0.25, 0.3) is 11.6 Å². The normalized spacial score (nSPS) is 11.4. The number of nitrogens with one attached hydrogen (secondary N) is 1. The Balaban J connectivity index is 2.00. The van der Waals surface area contributed by atoms with Crippen LogP contribution in [0.1, 0.15) is 17.3 Å². The first-order valence-corrected chi connectivity index (χ1v) is 6.98. The third kappa shape index (κ3) is 4.29. The molecule has 2 aromatic rings. The van der Waals surface area contributed by atoms with Gasteiger partial charge in [0, 0.05) is 23.4 Å². The van der Waals surface area contributed by atoms with Gasteiger partial charge in [-0.25, -0.2) is 0 Å². The van der Waals surface area contributed by atoms with Crippen LogP contribution in [0, 0.1) is 10.1 Å². The average molecular weight is 329 g/mol. The molecule has 0 saturated carbocycles. The number of nitro groups is 1.